The number of hydrogen-bond donors (Lipinski definition) is 1. The number of nitrogens with two attached hydrogens (primary N) is 1. The maximum Gasteiger partial charge on any atom is 0.0452 e. The number of hydrogen-bond acceptors (Lipinski definition) is 1. The van der Waals surface area contributed by atoms with Gasteiger partial charge in [0.2, 0.25) is 0 Å². The van der Waals surface area contributed by atoms with Crippen LogP contribution in [0.3, 0.4) is 0 Å². The molecule has 15 heavy (non-hydrogen) atoms. The van der Waals surface area contributed by atoms with Gasteiger partial charge < -0.3 is 5.73 Å². The molecular formula is C12H15BrClN. The lowest BCUT2D eigenvalue weighted by Crippen LogP contribution is -2.05. The minimum atomic E-state index is 0.280. The third-order valence-corrected chi connectivity index (χ3v) is 4.64. The van der Waals surface area contributed by atoms with Gasteiger partial charge in [-0.15, -0.1) is 0 Å². The number of benzene rings is 1. The van der Waals surface area contributed by atoms with Crippen LogP contribution in [0.1, 0.15) is 25.3 Å². The predicted octanol–water partition coefficient (Wildman–Crippen LogP) is 3.80. The molecule has 0 saturated heterocycles. The van der Waals surface area contributed by atoms with Crippen molar-refractivity contribution in [2.45, 2.75) is 19.8 Å². The Morgan fingerprint density at radius 3 is 2.60 bits per heavy atom. The third-order valence-electron chi connectivity index (χ3n) is 3.62. The summed E-state index contributed by atoms with van der Waals surface area (Å²) in [5.74, 6) is 1.04. The first-order chi connectivity index (χ1) is 7.00. The van der Waals surface area contributed by atoms with E-state index >= 15 is 0 Å². The fraction of sp³-hybridized carbons (Fsp3) is 0.500. The summed E-state index contributed by atoms with van der Waals surface area (Å²) in [6, 6.07) is 5.95. The number of rotatable bonds is 2. The van der Waals surface area contributed by atoms with Gasteiger partial charge in [0.25, 0.3) is 0 Å². The first kappa shape index (κ1) is 11.4. The minimum Gasteiger partial charge on any atom is -0.330 e. The van der Waals surface area contributed by atoms with Crippen molar-refractivity contribution in [2.24, 2.45) is 17.1 Å². The maximum atomic E-state index is 6.24. The smallest absolute Gasteiger partial charge is 0.0452 e. The highest BCUT2D eigenvalue weighted by Crippen LogP contribution is 2.65. The van der Waals surface area contributed by atoms with E-state index in [4.69, 9.17) is 17.3 Å². The average molecular weight is 289 g/mol. The number of halogens is 2. The van der Waals surface area contributed by atoms with E-state index in [2.05, 4.69) is 29.8 Å². The summed E-state index contributed by atoms with van der Waals surface area (Å²) < 4.78 is 1.10. The second kappa shape index (κ2) is 3.76. The molecule has 2 N–H and O–H groups in total. The predicted molar refractivity (Wildman–Crippen MR) is 68.2 cm³/mol. The van der Waals surface area contributed by atoms with Crippen molar-refractivity contribution in [1.82, 2.24) is 0 Å². The third kappa shape index (κ3) is 1.73. The first-order valence-corrected chi connectivity index (χ1v) is 6.31. The Kier molecular flexibility index (Phi) is 2.87. The molecular weight excluding hydrogens is 273 g/mol. The van der Waals surface area contributed by atoms with Crippen LogP contribution in [0.25, 0.3) is 0 Å². The Labute approximate surface area is 104 Å². The Morgan fingerprint density at radius 2 is 2.13 bits per heavy atom. The molecule has 1 aliphatic carbocycles. The zero-order valence-electron chi connectivity index (χ0n) is 8.93. The Hall–Kier alpha value is -0.0500. The molecule has 0 spiro atoms. The Balaban J connectivity index is 2.41. The molecule has 0 heterocycles. The molecule has 2 atom stereocenters. The van der Waals surface area contributed by atoms with Gasteiger partial charge >= 0.3 is 0 Å². The van der Waals surface area contributed by atoms with Gasteiger partial charge in [0, 0.05) is 9.50 Å². The van der Waals surface area contributed by atoms with Gasteiger partial charge in [-0.1, -0.05) is 47.4 Å². The lowest BCUT2D eigenvalue weighted by Gasteiger charge is -2.08. The minimum absolute atomic E-state index is 0.280. The van der Waals surface area contributed by atoms with Crippen molar-refractivity contribution in [3.05, 3.63) is 33.3 Å². The van der Waals surface area contributed by atoms with Crippen LogP contribution in [0.5, 0.6) is 0 Å². The van der Waals surface area contributed by atoms with Crippen molar-refractivity contribution in [2.75, 3.05) is 6.54 Å². The van der Waals surface area contributed by atoms with Crippen LogP contribution in [-0.2, 0) is 0 Å². The second-order valence-corrected chi connectivity index (χ2v) is 6.04. The highest BCUT2D eigenvalue weighted by molar-refractivity contribution is 9.10. The Morgan fingerprint density at radius 1 is 1.47 bits per heavy atom. The molecule has 1 aliphatic rings. The Bertz CT molecular complexity index is 369. The van der Waals surface area contributed by atoms with Crippen molar-refractivity contribution in [3.8, 4) is 0 Å². The summed E-state index contributed by atoms with van der Waals surface area (Å²) in [6.07, 6.45) is 0. The molecule has 82 valence electrons. The molecule has 1 aromatic carbocycles. The molecule has 0 aliphatic heterocycles. The zero-order chi connectivity index (χ0) is 11.2. The maximum absolute atomic E-state index is 6.24. The van der Waals surface area contributed by atoms with Gasteiger partial charge in [0.15, 0.2) is 0 Å². The van der Waals surface area contributed by atoms with E-state index in [1.54, 1.807) is 0 Å². The van der Waals surface area contributed by atoms with Crippen LogP contribution >= 0.6 is 27.5 Å². The molecule has 1 aromatic rings. The van der Waals surface area contributed by atoms with Gasteiger partial charge in [-0.3, -0.25) is 0 Å². The summed E-state index contributed by atoms with van der Waals surface area (Å²) in [7, 11) is 0. The van der Waals surface area contributed by atoms with E-state index < -0.39 is 0 Å². The van der Waals surface area contributed by atoms with E-state index in [9.17, 15) is 0 Å². The summed E-state index contributed by atoms with van der Waals surface area (Å²) in [6.45, 7) is 5.24. The van der Waals surface area contributed by atoms with Crippen LogP contribution in [0, 0.1) is 11.3 Å². The average Bonchev–Trinajstić information content (AvgIpc) is 2.68. The molecule has 2 rings (SSSR count). The molecule has 0 aromatic heterocycles. The van der Waals surface area contributed by atoms with Gasteiger partial charge in [-0.25, -0.2) is 0 Å². The molecule has 3 heteroatoms. The lowest BCUT2D eigenvalue weighted by molar-refractivity contribution is 0.558. The van der Waals surface area contributed by atoms with Gasteiger partial charge in [-0.2, -0.15) is 0 Å². The van der Waals surface area contributed by atoms with Crippen LogP contribution < -0.4 is 5.73 Å². The fourth-order valence-electron chi connectivity index (χ4n) is 2.56. The highest BCUT2D eigenvalue weighted by Gasteiger charge is 2.58. The lowest BCUT2D eigenvalue weighted by atomic mass is 10.0. The van der Waals surface area contributed by atoms with Crippen LogP contribution in [-0.4, -0.2) is 6.54 Å². The van der Waals surface area contributed by atoms with Crippen LogP contribution in [0.2, 0.25) is 5.02 Å². The van der Waals surface area contributed by atoms with E-state index in [1.807, 2.05) is 18.2 Å². The topological polar surface area (TPSA) is 26.0 Å². The van der Waals surface area contributed by atoms with Crippen molar-refractivity contribution in [3.63, 3.8) is 0 Å². The van der Waals surface area contributed by atoms with Crippen molar-refractivity contribution in [1.29, 1.82) is 0 Å². The van der Waals surface area contributed by atoms with E-state index in [0.29, 0.717) is 11.8 Å². The largest absolute Gasteiger partial charge is 0.330 e. The monoisotopic (exact) mass is 287 g/mol. The molecule has 0 radical (unpaired) electrons. The molecule has 2 unspecified atom stereocenters. The van der Waals surface area contributed by atoms with E-state index in [-0.39, 0.29) is 5.41 Å². The SMILES string of the molecule is CC1(C)C(CN)C1c1c(Cl)cccc1Br. The highest BCUT2D eigenvalue weighted by atomic mass is 79.9. The molecule has 1 nitrogen and oxygen atoms in total. The molecule has 0 bridgehead atoms. The van der Waals surface area contributed by atoms with Crippen LogP contribution in [0.4, 0.5) is 0 Å². The van der Waals surface area contributed by atoms with Gasteiger partial charge in [-0.05, 0) is 41.5 Å². The molecule has 1 saturated carbocycles. The van der Waals surface area contributed by atoms with E-state index in [1.165, 1.54) is 5.56 Å². The van der Waals surface area contributed by atoms with Gasteiger partial charge in [0.05, 0.1) is 0 Å². The zero-order valence-corrected chi connectivity index (χ0v) is 11.3. The summed E-state index contributed by atoms with van der Waals surface area (Å²) in [4.78, 5) is 0. The normalized spacial score (nSPS) is 27.8. The first-order valence-electron chi connectivity index (χ1n) is 5.14. The van der Waals surface area contributed by atoms with Crippen LogP contribution in [0.15, 0.2) is 22.7 Å². The molecule has 0 amide bonds. The molecule has 1 fully saturated rings. The summed E-state index contributed by atoms with van der Waals surface area (Å²) in [5, 5.41) is 0.846. The summed E-state index contributed by atoms with van der Waals surface area (Å²) in [5.41, 5.74) is 7.28. The fourth-order valence-corrected chi connectivity index (χ4v) is 3.58. The van der Waals surface area contributed by atoms with Gasteiger partial charge in [0.1, 0.15) is 0 Å². The second-order valence-electron chi connectivity index (χ2n) is 4.78. The quantitative estimate of drug-likeness (QED) is 0.880. The standard InChI is InChI=1S/C12H15BrClN/c1-12(2)7(6-15)11(12)10-8(13)4-3-5-9(10)14/h3-5,7,11H,6,15H2,1-2H3. The summed E-state index contributed by atoms with van der Waals surface area (Å²) >= 11 is 9.81. The van der Waals surface area contributed by atoms with Crippen molar-refractivity contribution < 1.29 is 0 Å². The van der Waals surface area contributed by atoms with E-state index in [0.717, 1.165) is 16.0 Å². The van der Waals surface area contributed by atoms with Crippen molar-refractivity contribution >= 4 is 27.5 Å².